The van der Waals surface area contributed by atoms with Gasteiger partial charge < -0.3 is 4.42 Å². The van der Waals surface area contributed by atoms with Gasteiger partial charge in [-0.15, -0.1) is 0 Å². The summed E-state index contributed by atoms with van der Waals surface area (Å²) < 4.78 is 5.12. The van der Waals surface area contributed by atoms with Crippen molar-refractivity contribution in [2.24, 2.45) is 0 Å². The lowest BCUT2D eigenvalue weighted by atomic mass is 10.0. The van der Waals surface area contributed by atoms with E-state index in [0.29, 0.717) is 0 Å². The van der Waals surface area contributed by atoms with Crippen LogP contribution in [0.1, 0.15) is 98.5 Å². The molecule has 0 unspecified atom stereocenters. The van der Waals surface area contributed by atoms with Crippen LogP contribution in [0.15, 0.2) is 81.3 Å². The molecule has 1 nitrogen and oxygen atoms in total. The lowest BCUT2D eigenvalue weighted by Crippen LogP contribution is -1.83. The van der Waals surface area contributed by atoms with E-state index in [1.165, 1.54) is 46.3 Å². The molecule has 0 radical (unpaired) electrons. The Hall–Kier alpha value is -2.02. The quantitative estimate of drug-likeness (QED) is 0.279. The van der Waals surface area contributed by atoms with E-state index in [1.54, 1.807) is 6.26 Å². The second kappa shape index (κ2) is 15.8. The third-order valence-corrected chi connectivity index (χ3v) is 5.43. The number of aryl methyl sites for hydroxylation is 1. The van der Waals surface area contributed by atoms with Crippen molar-refractivity contribution < 1.29 is 4.42 Å². The molecule has 1 rings (SSSR count). The van der Waals surface area contributed by atoms with Crippen LogP contribution in [0.4, 0.5) is 0 Å². The Morgan fingerprint density at radius 3 is 1.63 bits per heavy atom. The number of hydrogen-bond donors (Lipinski definition) is 0. The molecule has 0 aromatic carbocycles. The van der Waals surface area contributed by atoms with Gasteiger partial charge in [0, 0.05) is 0 Å². The van der Waals surface area contributed by atoms with Gasteiger partial charge in [-0.3, -0.25) is 0 Å². The lowest BCUT2D eigenvalue weighted by molar-refractivity contribution is 0.564. The highest BCUT2D eigenvalue weighted by atomic mass is 16.3. The maximum absolute atomic E-state index is 5.12. The number of allylic oxidation sites excluding steroid dienone is 10. The highest BCUT2D eigenvalue weighted by Crippen LogP contribution is 2.15. The molecule has 0 saturated carbocycles. The van der Waals surface area contributed by atoms with Crippen molar-refractivity contribution in [1.82, 2.24) is 0 Å². The molecular formula is C29H44O. The molecule has 1 aromatic heterocycles. The van der Waals surface area contributed by atoms with Gasteiger partial charge in [0.1, 0.15) is 0 Å². The summed E-state index contributed by atoms with van der Waals surface area (Å²) in [5.74, 6) is 0. The van der Waals surface area contributed by atoms with E-state index in [1.807, 2.05) is 6.26 Å². The first kappa shape index (κ1) is 26.0. The zero-order valence-electron chi connectivity index (χ0n) is 20.4. The predicted octanol–water partition coefficient (Wildman–Crippen LogP) is 9.69. The van der Waals surface area contributed by atoms with Crippen molar-refractivity contribution in [3.63, 3.8) is 0 Å². The third kappa shape index (κ3) is 14.0. The topological polar surface area (TPSA) is 13.1 Å². The molecule has 0 N–H and O–H groups in total. The predicted molar refractivity (Wildman–Crippen MR) is 134 cm³/mol. The number of furan rings is 1. The molecule has 0 aliphatic carbocycles. The molecule has 166 valence electrons. The fourth-order valence-electron chi connectivity index (χ4n) is 3.31. The van der Waals surface area contributed by atoms with Gasteiger partial charge in [-0.2, -0.15) is 0 Å². The van der Waals surface area contributed by atoms with Crippen LogP contribution < -0.4 is 0 Å². The highest BCUT2D eigenvalue weighted by Gasteiger charge is 1.96. The summed E-state index contributed by atoms with van der Waals surface area (Å²) in [6.07, 6.45) is 25.8. The second-order valence-corrected chi connectivity index (χ2v) is 8.97. The molecule has 0 fully saturated rings. The van der Waals surface area contributed by atoms with Crippen LogP contribution in [0.25, 0.3) is 0 Å². The van der Waals surface area contributed by atoms with Crippen molar-refractivity contribution in [2.75, 3.05) is 0 Å². The Kier molecular flexibility index (Phi) is 13.7. The molecular weight excluding hydrogens is 364 g/mol. The Morgan fingerprint density at radius 2 is 1.17 bits per heavy atom. The summed E-state index contributed by atoms with van der Waals surface area (Å²) in [7, 11) is 0. The number of hydrogen-bond acceptors (Lipinski definition) is 1. The molecule has 30 heavy (non-hydrogen) atoms. The van der Waals surface area contributed by atoms with Gasteiger partial charge in [-0.1, -0.05) is 58.2 Å². The average Bonchev–Trinajstić information content (AvgIpc) is 3.20. The molecule has 0 aliphatic rings. The molecule has 0 amide bonds. The average molecular weight is 409 g/mol. The van der Waals surface area contributed by atoms with E-state index in [4.69, 9.17) is 4.42 Å². The van der Waals surface area contributed by atoms with Gasteiger partial charge in [-0.25, -0.2) is 0 Å². The van der Waals surface area contributed by atoms with Gasteiger partial charge in [0.15, 0.2) is 0 Å². The van der Waals surface area contributed by atoms with Crippen LogP contribution in [-0.2, 0) is 6.42 Å². The van der Waals surface area contributed by atoms with E-state index < -0.39 is 0 Å². The summed E-state index contributed by atoms with van der Waals surface area (Å²) in [6.45, 7) is 13.4. The fourth-order valence-corrected chi connectivity index (χ4v) is 3.31. The minimum absolute atomic E-state index is 1.07. The minimum Gasteiger partial charge on any atom is -0.472 e. The first-order chi connectivity index (χ1) is 14.4. The standard InChI is InChI=1S/C29H44O/c1-24(2)19-20-28(6)16-9-15-26(4)12-7-11-25(3)13-8-14-27(5)17-10-18-29-21-22-30-23-29/h12-13,16-17,19,21-23H,7-11,14-15,18,20H2,1-6H3. The molecule has 1 heterocycles. The maximum atomic E-state index is 5.12. The van der Waals surface area contributed by atoms with Gasteiger partial charge in [-0.05, 0) is 111 Å². The van der Waals surface area contributed by atoms with Crippen molar-refractivity contribution in [1.29, 1.82) is 0 Å². The van der Waals surface area contributed by atoms with E-state index in [0.717, 1.165) is 44.9 Å². The largest absolute Gasteiger partial charge is 0.472 e. The molecule has 0 atom stereocenters. The third-order valence-electron chi connectivity index (χ3n) is 5.43. The second-order valence-electron chi connectivity index (χ2n) is 8.97. The van der Waals surface area contributed by atoms with Crippen LogP contribution in [0.5, 0.6) is 0 Å². The van der Waals surface area contributed by atoms with Gasteiger partial charge in [0.25, 0.3) is 0 Å². The van der Waals surface area contributed by atoms with Crippen LogP contribution >= 0.6 is 0 Å². The van der Waals surface area contributed by atoms with Gasteiger partial charge in [0.2, 0.25) is 0 Å². The number of rotatable bonds is 14. The SMILES string of the molecule is CC(C)=CCC(C)=CCCC(C)=CCCC(C)=CCCC(C)=CCCc1ccoc1. The summed E-state index contributed by atoms with van der Waals surface area (Å²) in [4.78, 5) is 0. The van der Waals surface area contributed by atoms with E-state index in [2.05, 4.69) is 78.0 Å². The zero-order chi connectivity index (χ0) is 22.2. The van der Waals surface area contributed by atoms with Crippen LogP contribution in [-0.4, -0.2) is 0 Å². The first-order valence-corrected chi connectivity index (χ1v) is 11.6. The smallest absolute Gasteiger partial charge is 0.0934 e. The van der Waals surface area contributed by atoms with Crippen molar-refractivity contribution in [2.45, 2.75) is 99.3 Å². The maximum Gasteiger partial charge on any atom is 0.0934 e. The summed E-state index contributed by atoms with van der Waals surface area (Å²) in [5.41, 5.74) is 8.69. The summed E-state index contributed by atoms with van der Waals surface area (Å²) >= 11 is 0. The Morgan fingerprint density at radius 1 is 0.667 bits per heavy atom. The van der Waals surface area contributed by atoms with Gasteiger partial charge in [0.05, 0.1) is 12.5 Å². The van der Waals surface area contributed by atoms with E-state index >= 15 is 0 Å². The molecule has 0 spiro atoms. The van der Waals surface area contributed by atoms with Crippen molar-refractivity contribution >= 4 is 0 Å². The van der Waals surface area contributed by atoms with E-state index in [-0.39, 0.29) is 0 Å². The van der Waals surface area contributed by atoms with Crippen LogP contribution in [0.3, 0.4) is 0 Å². The zero-order valence-corrected chi connectivity index (χ0v) is 20.4. The molecule has 1 heteroatoms. The monoisotopic (exact) mass is 408 g/mol. The molecule has 0 aliphatic heterocycles. The van der Waals surface area contributed by atoms with E-state index in [9.17, 15) is 0 Å². The summed E-state index contributed by atoms with van der Waals surface area (Å²) in [6, 6.07) is 2.05. The minimum atomic E-state index is 1.07. The Balaban J connectivity index is 2.20. The lowest BCUT2D eigenvalue weighted by Gasteiger charge is -2.03. The normalized spacial score (nSPS) is 13.7. The van der Waals surface area contributed by atoms with Gasteiger partial charge >= 0.3 is 0 Å². The summed E-state index contributed by atoms with van der Waals surface area (Å²) in [5, 5.41) is 0. The molecule has 0 bridgehead atoms. The van der Waals surface area contributed by atoms with Crippen LogP contribution in [0, 0.1) is 0 Å². The van der Waals surface area contributed by atoms with Crippen molar-refractivity contribution in [3.8, 4) is 0 Å². The fraction of sp³-hybridized carbons (Fsp3) is 0.517. The Labute approximate surface area is 186 Å². The Bertz CT molecular complexity index is 731. The van der Waals surface area contributed by atoms with Crippen molar-refractivity contribution in [3.05, 3.63) is 82.4 Å². The molecule has 1 aromatic rings. The first-order valence-electron chi connectivity index (χ1n) is 11.6. The van der Waals surface area contributed by atoms with Crippen LogP contribution in [0.2, 0.25) is 0 Å². The molecule has 0 saturated heterocycles. The highest BCUT2D eigenvalue weighted by molar-refractivity contribution is 5.11.